The smallest absolute Gasteiger partial charge is 0.227 e. The van der Waals surface area contributed by atoms with E-state index < -0.39 is 0 Å². The second-order valence-electron chi connectivity index (χ2n) is 5.08. The zero-order valence-corrected chi connectivity index (χ0v) is 14.2. The Balaban J connectivity index is 1.59. The van der Waals surface area contributed by atoms with Crippen molar-refractivity contribution in [3.8, 4) is 5.75 Å². The lowest BCUT2D eigenvalue weighted by Crippen LogP contribution is -2.29. The van der Waals surface area contributed by atoms with Gasteiger partial charge in [0, 0.05) is 23.5 Å². The molecule has 1 aromatic heterocycles. The van der Waals surface area contributed by atoms with Crippen molar-refractivity contribution in [1.82, 2.24) is 4.90 Å². The van der Waals surface area contributed by atoms with Crippen LogP contribution in [0, 0.1) is 0 Å². The number of likely N-dealkylation sites (N-methyl/N-ethyl adjacent to an activating group) is 1. The average molecular weight is 338 g/mol. The summed E-state index contributed by atoms with van der Waals surface area (Å²) < 4.78 is 5.63. The summed E-state index contributed by atoms with van der Waals surface area (Å²) in [4.78, 5) is 14.9. The fourth-order valence-electron chi connectivity index (χ4n) is 1.99. The Labute approximate surface area is 140 Å². The molecule has 0 saturated heterocycles. The maximum Gasteiger partial charge on any atom is 0.227 e. The van der Waals surface area contributed by atoms with Gasteiger partial charge in [-0.1, -0.05) is 17.7 Å². The standard InChI is InChI=1S/C17H20ClNO2S/c1-19(17(20)13-16-5-4-12-22-16)10-2-3-11-21-15-8-6-14(18)7-9-15/h4-9,12H,2-3,10-11,13H2,1H3. The zero-order chi connectivity index (χ0) is 15.8. The number of hydrogen-bond acceptors (Lipinski definition) is 3. The van der Waals surface area contributed by atoms with Crippen molar-refractivity contribution in [2.75, 3.05) is 20.2 Å². The highest BCUT2D eigenvalue weighted by molar-refractivity contribution is 7.10. The molecule has 1 amide bonds. The molecular formula is C17H20ClNO2S. The molecule has 2 rings (SSSR count). The molecule has 0 atom stereocenters. The number of nitrogens with zero attached hydrogens (tertiary/aromatic N) is 1. The van der Waals surface area contributed by atoms with Gasteiger partial charge in [0.05, 0.1) is 13.0 Å². The SMILES string of the molecule is CN(CCCCOc1ccc(Cl)cc1)C(=O)Cc1cccs1. The van der Waals surface area contributed by atoms with Crippen LogP contribution in [0.4, 0.5) is 0 Å². The van der Waals surface area contributed by atoms with E-state index >= 15 is 0 Å². The molecule has 1 aromatic carbocycles. The Morgan fingerprint density at radius 2 is 2.00 bits per heavy atom. The fourth-order valence-corrected chi connectivity index (χ4v) is 2.82. The van der Waals surface area contributed by atoms with Crippen molar-refractivity contribution >= 4 is 28.8 Å². The molecule has 2 aromatic rings. The van der Waals surface area contributed by atoms with E-state index in [9.17, 15) is 4.79 Å². The Bertz CT molecular complexity index is 569. The van der Waals surface area contributed by atoms with Gasteiger partial charge in [0.15, 0.2) is 0 Å². The summed E-state index contributed by atoms with van der Waals surface area (Å²) in [5.41, 5.74) is 0. The molecule has 0 aliphatic heterocycles. The molecule has 22 heavy (non-hydrogen) atoms. The van der Waals surface area contributed by atoms with E-state index in [0.717, 1.165) is 30.0 Å². The average Bonchev–Trinajstić information content (AvgIpc) is 3.01. The number of halogens is 1. The topological polar surface area (TPSA) is 29.5 Å². The van der Waals surface area contributed by atoms with Gasteiger partial charge in [-0.05, 0) is 48.6 Å². The second kappa shape index (κ2) is 8.81. The molecule has 0 radical (unpaired) electrons. The van der Waals surface area contributed by atoms with Crippen molar-refractivity contribution in [3.05, 3.63) is 51.7 Å². The molecule has 0 saturated carbocycles. The van der Waals surface area contributed by atoms with Crippen LogP contribution < -0.4 is 4.74 Å². The van der Waals surface area contributed by atoms with Crippen LogP contribution in [0.5, 0.6) is 5.75 Å². The Morgan fingerprint density at radius 1 is 1.23 bits per heavy atom. The minimum atomic E-state index is 0.168. The van der Waals surface area contributed by atoms with Crippen molar-refractivity contribution < 1.29 is 9.53 Å². The van der Waals surface area contributed by atoms with Crippen molar-refractivity contribution in [2.24, 2.45) is 0 Å². The molecule has 0 fully saturated rings. The van der Waals surface area contributed by atoms with Gasteiger partial charge in [0.1, 0.15) is 5.75 Å². The van der Waals surface area contributed by atoms with Crippen molar-refractivity contribution in [1.29, 1.82) is 0 Å². The van der Waals surface area contributed by atoms with Gasteiger partial charge in [-0.25, -0.2) is 0 Å². The summed E-state index contributed by atoms with van der Waals surface area (Å²) in [6.45, 7) is 1.41. The second-order valence-corrected chi connectivity index (χ2v) is 6.55. The normalized spacial score (nSPS) is 10.5. The largest absolute Gasteiger partial charge is 0.494 e. The number of unbranched alkanes of at least 4 members (excludes halogenated alkanes) is 1. The first-order valence-corrected chi connectivity index (χ1v) is 8.55. The molecule has 3 nitrogen and oxygen atoms in total. The van der Waals surface area contributed by atoms with E-state index in [1.807, 2.05) is 48.8 Å². The third-order valence-electron chi connectivity index (χ3n) is 3.30. The molecule has 0 aliphatic rings. The Kier molecular flexibility index (Phi) is 6.74. The zero-order valence-electron chi connectivity index (χ0n) is 12.6. The molecular weight excluding hydrogens is 318 g/mol. The van der Waals surface area contributed by atoms with Crippen LogP contribution >= 0.6 is 22.9 Å². The third-order valence-corrected chi connectivity index (χ3v) is 4.43. The van der Waals surface area contributed by atoms with Gasteiger partial charge < -0.3 is 9.64 Å². The van der Waals surface area contributed by atoms with Gasteiger partial charge >= 0.3 is 0 Å². The molecule has 0 N–H and O–H groups in total. The molecule has 0 bridgehead atoms. The predicted molar refractivity (Wildman–Crippen MR) is 91.8 cm³/mol. The molecule has 0 aliphatic carbocycles. The van der Waals surface area contributed by atoms with Crippen molar-refractivity contribution in [3.63, 3.8) is 0 Å². The van der Waals surface area contributed by atoms with Crippen LogP contribution in [0.3, 0.4) is 0 Å². The van der Waals surface area contributed by atoms with E-state index in [2.05, 4.69) is 0 Å². The molecule has 5 heteroatoms. The van der Waals surface area contributed by atoms with Gasteiger partial charge in [0.25, 0.3) is 0 Å². The summed E-state index contributed by atoms with van der Waals surface area (Å²) in [6.07, 6.45) is 2.34. The number of hydrogen-bond donors (Lipinski definition) is 0. The maximum absolute atomic E-state index is 12.0. The van der Waals surface area contributed by atoms with Gasteiger partial charge in [-0.2, -0.15) is 0 Å². The monoisotopic (exact) mass is 337 g/mol. The number of rotatable bonds is 8. The first-order valence-electron chi connectivity index (χ1n) is 7.30. The molecule has 1 heterocycles. The van der Waals surface area contributed by atoms with Crippen molar-refractivity contribution in [2.45, 2.75) is 19.3 Å². The molecule has 118 valence electrons. The van der Waals surface area contributed by atoms with Gasteiger partial charge in [-0.3, -0.25) is 4.79 Å². The highest BCUT2D eigenvalue weighted by Gasteiger charge is 2.09. The van der Waals surface area contributed by atoms with Crippen LogP contribution in [0.25, 0.3) is 0 Å². The summed E-state index contributed by atoms with van der Waals surface area (Å²) >= 11 is 7.44. The van der Waals surface area contributed by atoms with Crippen LogP contribution in [0.1, 0.15) is 17.7 Å². The number of amides is 1. The van der Waals surface area contributed by atoms with E-state index in [1.165, 1.54) is 0 Å². The first kappa shape index (κ1) is 16.8. The quantitative estimate of drug-likeness (QED) is 0.673. The fraction of sp³-hybridized carbons (Fsp3) is 0.353. The van der Waals surface area contributed by atoms with Gasteiger partial charge in [-0.15, -0.1) is 11.3 Å². The minimum Gasteiger partial charge on any atom is -0.494 e. The summed E-state index contributed by atoms with van der Waals surface area (Å²) in [5.74, 6) is 0.993. The van der Waals surface area contributed by atoms with E-state index in [0.29, 0.717) is 18.1 Å². The van der Waals surface area contributed by atoms with Crippen LogP contribution in [-0.2, 0) is 11.2 Å². The highest BCUT2D eigenvalue weighted by atomic mass is 35.5. The number of ether oxygens (including phenoxy) is 1. The highest BCUT2D eigenvalue weighted by Crippen LogP contribution is 2.15. The van der Waals surface area contributed by atoms with Crippen LogP contribution in [-0.4, -0.2) is 31.0 Å². The lowest BCUT2D eigenvalue weighted by Gasteiger charge is -2.16. The van der Waals surface area contributed by atoms with Crippen LogP contribution in [0.15, 0.2) is 41.8 Å². The summed E-state index contributed by atoms with van der Waals surface area (Å²) in [6, 6.07) is 11.3. The van der Waals surface area contributed by atoms with Gasteiger partial charge in [0.2, 0.25) is 5.91 Å². The van der Waals surface area contributed by atoms with E-state index in [-0.39, 0.29) is 5.91 Å². The summed E-state index contributed by atoms with van der Waals surface area (Å²) in [7, 11) is 1.86. The molecule has 0 unspecified atom stereocenters. The maximum atomic E-state index is 12.0. The Hall–Kier alpha value is -1.52. The summed E-state index contributed by atoms with van der Waals surface area (Å²) in [5, 5.41) is 2.70. The lowest BCUT2D eigenvalue weighted by atomic mass is 10.2. The number of benzene rings is 1. The third kappa shape index (κ3) is 5.70. The Morgan fingerprint density at radius 3 is 2.68 bits per heavy atom. The van der Waals surface area contributed by atoms with E-state index in [1.54, 1.807) is 16.2 Å². The van der Waals surface area contributed by atoms with E-state index in [4.69, 9.17) is 16.3 Å². The number of carbonyl (C=O) groups is 1. The molecule has 0 spiro atoms. The number of thiophene rings is 1. The lowest BCUT2D eigenvalue weighted by molar-refractivity contribution is -0.129. The minimum absolute atomic E-state index is 0.168. The van der Waals surface area contributed by atoms with Crippen LogP contribution in [0.2, 0.25) is 5.02 Å². The predicted octanol–water partition coefficient (Wildman–Crippen LogP) is 4.26. The number of carbonyl (C=O) groups excluding carboxylic acids is 1. The first-order chi connectivity index (χ1) is 10.6.